The van der Waals surface area contributed by atoms with E-state index in [0.717, 1.165) is 11.3 Å². The summed E-state index contributed by atoms with van der Waals surface area (Å²) >= 11 is 0. The molecule has 0 saturated heterocycles. The number of carbonyl (C=O) groups is 2. The van der Waals surface area contributed by atoms with Crippen LogP contribution in [0.2, 0.25) is 0 Å². The van der Waals surface area contributed by atoms with Gasteiger partial charge in [0.2, 0.25) is 12.7 Å². The fourth-order valence-corrected chi connectivity index (χ4v) is 4.08. The summed E-state index contributed by atoms with van der Waals surface area (Å²) in [6.07, 6.45) is 0. The SMILES string of the molecule is COc1cc(OC)cc(C(=O)N(CC(=O)N(Cc2ccc3c(c2)OCO3)Cc2ccc(C)o2)C(C)C)c1. The maximum absolute atomic E-state index is 13.7. The van der Waals surface area contributed by atoms with Crippen molar-refractivity contribution in [3.8, 4) is 23.0 Å². The van der Waals surface area contributed by atoms with Crippen LogP contribution in [-0.4, -0.2) is 55.2 Å². The van der Waals surface area contributed by atoms with Gasteiger partial charge in [0.15, 0.2) is 11.5 Å². The Hall–Kier alpha value is -4.14. The lowest BCUT2D eigenvalue weighted by atomic mass is 10.1. The zero-order valence-corrected chi connectivity index (χ0v) is 21.8. The molecule has 1 aromatic heterocycles. The highest BCUT2D eigenvalue weighted by molar-refractivity contribution is 5.97. The van der Waals surface area contributed by atoms with Gasteiger partial charge < -0.3 is 33.2 Å². The summed E-state index contributed by atoms with van der Waals surface area (Å²) in [7, 11) is 3.05. The molecule has 3 aromatic rings. The number of carbonyl (C=O) groups excluding carboxylic acids is 2. The third kappa shape index (κ3) is 6.17. The number of ether oxygens (including phenoxy) is 4. The summed E-state index contributed by atoms with van der Waals surface area (Å²) in [5, 5.41) is 0. The van der Waals surface area contributed by atoms with E-state index >= 15 is 0 Å². The van der Waals surface area contributed by atoms with Crippen LogP contribution in [0.3, 0.4) is 0 Å². The highest BCUT2D eigenvalue weighted by atomic mass is 16.7. The molecule has 0 radical (unpaired) electrons. The number of aryl methyl sites for hydroxylation is 1. The number of hydrogen-bond acceptors (Lipinski definition) is 7. The summed E-state index contributed by atoms with van der Waals surface area (Å²) in [5.74, 6) is 3.22. The van der Waals surface area contributed by atoms with Crippen molar-refractivity contribution in [2.75, 3.05) is 27.6 Å². The molecule has 0 spiro atoms. The average molecular weight is 509 g/mol. The molecule has 9 heteroatoms. The number of rotatable bonds is 10. The van der Waals surface area contributed by atoms with Gasteiger partial charge in [0.1, 0.15) is 29.6 Å². The van der Waals surface area contributed by atoms with E-state index in [1.807, 2.05) is 51.1 Å². The summed E-state index contributed by atoms with van der Waals surface area (Å²) in [6.45, 7) is 6.24. The van der Waals surface area contributed by atoms with E-state index in [-0.39, 0.29) is 37.7 Å². The zero-order valence-electron chi connectivity index (χ0n) is 21.8. The molecule has 37 heavy (non-hydrogen) atoms. The molecule has 2 amide bonds. The van der Waals surface area contributed by atoms with Crippen LogP contribution in [0.1, 0.15) is 41.3 Å². The monoisotopic (exact) mass is 508 g/mol. The number of amides is 2. The first kappa shape index (κ1) is 25.9. The van der Waals surface area contributed by atoms with Crippen molar-refractivity contribution in [1.29, 1.82) is 0 Å². The average Bonchev–Trinajstić information content (AvgIpc) is 3.53. The fraction of sp³-hybridized carbons (Fsp3) is 0.357. The Labute approximate surface area is 216 Å². The Morgan fingerprint density at radius 3 is 2.24 bits per heavy atom. The minimum Gasteiger partial charge on any atom is -0.497 e. The lowest BCUT2D eigenvalue weighted by Gasteiger charge is -2.30. The predicted molar refractivity (Wildman–Crippen MR) is 136 cm³/mol. The molecular formula is C28H32N2O7. The lowest BCUT2D eigenvalue weighted by Crippen LogP contribution is -2.45. The molecule has 9 nitrogen and oxygen atoms in total. The molecule has 1 aliphatic rings. The second-order valence-electron chi connectivity index (χ2n) is 9.08. The Morgan fingerprint density at radius 1 is 0.919 bits per heavy atom. The highest BCUT2D eigenvalue weighted by Crippen LogP contribution is 2.33. The summed E-state index contributed by atoms with van der Waals surface area (Å²) < 4.78 is 27.3. The van der Waals surface area contributed by atoms with Crippen LogP contribution >= 0.6 is 0 Å². The second kappa shape index (κ2) is 11.3. The van der Waals surface area contributed by atoms with Crippen molar-refractivity contribution in [2.45, 2.75) is 39.9 Å². The molecule has 0 atom stereocenters. The number of benzene rings is 2. The van der Waals surface area contributed by atoms with E-state index in [4.69, 9.17) is 23.4 Å². The van der Waals surface area contributed by atoms with Crippen LogP contribution < -0.4 is 18.9 Å². The standard InChI is InChI=1S/C28H32N2O7/c1-18(2)30(28(32)21-11-23(33-4)13-24(12-21)34-5)16-27(31)29(15-22-8-6-19(3)37-22)14-20-7-9-25-26(10-20)36-17-35-25/h6-13,18H,14-17H2,1-5H3. The van der Waals surface area contributed by atoms with E-state index in [1.54, 1.807) is 23.1 Å². The van der Waals surface area contributed by atoms with Gasteiger partial charge in [0, 0.05) is 24.2 Å². The van der Waals surface area contributed by atoms with Crippen molar-refractivity contribution in [3.63, 3.8) is 0 Å². The van der Waals surface area contributed by atoms with Gasteiger partial charge in [0.05, 0.1) is 20.8 Å². The molecular weight excluding hydrogens is 476 g/mol. The molecule has 196 valence electrons. The van der Waals surface area contributed by atoms with Gasteiger partial charge >= 0.3 is 0 Å². The van der Waals surface area contributed by atoms with Gasteiger partial charge in [-0.25, -0.2) is 0 Å². The molecule has 4 rings (SSSR count). The first-order valence-electron chi connectivity index (χ1n) is 12.0. The number of furan rings is 1. The molecule has 0 unspecified atom stereocenters. The van der Waals surface area contributed by atoms with Gasteiger partial charge in [-0.2, -0.15) is 0 Å². The highest BCUT2D eigenvalue weighted by Gasteiger charge is 2.26. The second-order valence-corrected chi connectivity index (χ2v) is 9.08. The third-order valence-electron chi connectivity index (χ3n) is 6.09. The maximum atomic E-state index is 13.7. The Morgan fingerprint density at radius 2 is 1.62 bits per heavy atom. The number of fused-ring (bicyclic) bond motifs is 1. The first-order chi connectivity index (χ1) is 17.8. The first-order valence-corrected chi connectivity index (χ1v) is 12.0. The quantitative estimate of drug-likeness (QED) is 0.401. The Balaban J connectivity index is 1.58. The van der Waals surface area contributed by atoms with Crippen molar-refractivity contribution in [1.82, 2.24) is 9.80 Å². The summed E-state index contributed by atoms with van der Waals surface area (Å²) in [5.41, 5.74) is 1.25. The number of hydrogen-bond donors (Lipinski definition) is 0. The Bertz CT molecular complexity index is 1240. The van der Waals surface area contributed by atoms with Gasteiger partial charge in [-0.1, -0.05) is 6.07 Å². The summed E-state index contributed by atoms with van der Waals surface area (Å²) in [4.78, 5) is 30.4. The number of nitrogens with zero attached hydrogens (tertiary/aromatic N) is 2. The van der Waals surface area contributed by atoms with Crippen molar-refractivity contribution >= 4 is 11.8 Å². The molecule has 0 N–H and O–H groups in total. The molecule has 2 aromatic carbocycles. The third-order valence-corrected chi connectivity index (χ3v) is 6.09. The smallest absolute Gasteiger partial charge is 0.254 e. The molecule has 0 aliphatic carbocycles. The molecule has 1 aliphatic heterocycles. The topological polar surface area (TPSA) is 90.7 Å². The van der Waals surface area contributed by atoms with Gasteiger partial charge in [-0.15, -0.1) is 0 Å². The van der Waals surface area contributed by atoms with Gasteiger partial charge in [-0.05, 0) is 62.7 Å². The minimum absolute atomic E-state index is 0.111. The summed E-state index contributed by atoms with van der Waals surface area (Å²) in [6, 6.07) is 14.0. The molecule has 0 fully saturated rings. The van der Waals surface area contributed by atoms with Gasteiger partial charge in [-0.3, -0.25) is 9.59 Å². The minimum atomic E-state index is -0.294. The van der Waals surface area contributed by atoms with Gasteiger partial charge in [0.25, 0.3) is 5.91 Å². The van der Waals surface area contributed by atoms with Crippen LogP contribution in [0.4, 0.5) is 0 Å². The van der Waals surface area contributed by atoms with Crippen LogP contribution in [0.5, 0.6) is 23.0 Å². The van der Waals surface area contributed by atoms with Crippen molar-refractivity contribution in [3.05, 3.63) is 71.2 Å². The number of methoxy groups -OCH3 is 2. The molecule has 2 heterocycles. The van der Waals surface area contributed by atoms with Crippen LogP contribution in [0, 0.1) is 6.92 Å². The van der Waals surface area contributed by atoms with E-state index < -0.39 is 0 Å². The van der Waals surface area contributed by atoms with Crippen LogP contribution in [0.25, 0.3) is 0 Å². The van der Waals surface area contributed by atoms with Crippen molar-refractivity contribution in [2.24, 2.45) is 0 Å². The normalized spacial score (nSPS) is 11.9. The maximum Gasteiger partial charge on any atom is 0.254 e. The molecule has 0 bridgehead atoms. The predicted octanol–water partition coefficient (Wildman–Crippen LogP) is 4.41. The van der Waals surface area contributed by atoms with E-state index in [9.17, 15) is 9.59 Å². The largest absolute Gasteiger partial charge is 0.497 e. The van der Waals surface area contributed by atoms with E-state index in [2.05, 4.69) is 0 Å². The van der Waals surface area contributed by atoms with E-state index in [1.165, 1.54) is 19.1 Å². The fourth-order valence-electron chi connectivity index (χ4n) is 4.08. The zero-order chi connectivity index (χ0) is 26.5. The van der Waals surface area contributed by atoms with E-state index in [0.29, 0.717) is 40.9 Å². The van der Waals surface area contributed by atoms with Crippen LogP contribution in [0.15, 0.2) is 52.9 Å². The van der Waals surface area contributed by atoms with Crippen LogP contribution in [-0.2, 0) is 17.9 Å². The lowest BCUT2D eigenvalue weighted by molar-refractivity contribution is -0.133. The van der Waals surface area contributed by atoms with Crippen molar-refractivity contribution < 1.29 is 33.0 Å². The molecule has 0 saturated carbocycles. The Kier molecular flexibility index (Phi) is 7.91.